The van der Waals surface area contributed by atoms with Gasteiger partial charge >= 0.3 is 0 Å². The van der Waals surface area contributed by atoms with Crippen LogP contribution in [0.15, 0.2) is 18.2 Å². The number of halogens is 2. The number of rotatable bonds is 3. The Hall–Kier alpha value is -1.49. The van der Waals surface area contributed by atoms with Gasteiger partial charge in [0, 0.05) is 13.2 Å². The normalized spacial score (nSPS) is 12.3. The Labute approximate surface area is 86.0 Å². The first-order valence-electron chi connectivity index (χ1n) is 4.33. The molecule has 0 heterocycles. The van der Waals surface area contributed by atoms with Crippen LogP contribution in [-0.4, -0.2) is 19.1 Å². The SMILES string of the molecule is COC(C)C(=O)Nc1cc(F)ccc1F. The molecule has 0 saturated heterocycles. The van der Waals surface area contributed by atoms with Crippen molar-refractivity contribution in [2.45, 2.75) is 13.0 Å². The Kier molecular flexibility index (Phi) is 3.74. The van der Waals surface area contributed by atoms with Crippen LogP contribution in [0.1, 0.15) is 6.92 Å². The summed E-state index contributed by atoms with van der Waals surface area (Å²) in [4.78, 5) is 11.3. The molecule has 0 radical (unpaired) electrons. The average molecular weight is 215 g/mol. The van der Waals surface area contributed by atoms with Gasteiger partial charge in [0.05, 0.1) is 5.69 Å². The first kappa shape index (κ1) is 11.6. The molecule has 0 saturated carbocycles. The molecule has 0 fully saturated rings. The Morgan fingerprint density at radius 2 is 2.13 bits per heavy atom. The van der Waals surface area contributed by atoms with E-state index in [9.17, 15) is 13.6 Å². The zero-order valence-corrected chi connectivity index (χ0v) is 8.38. The van der Waals surface area contributed by atoms with Crippen LogP contribution in [0.2, 0.25) is 0 Å². The molecule has 1 unspecified atom stereocenters. The van der Waals surface area contributed by atoms with Crippen LogP contribution in [0.3, 0.4) is 0 Å². The van der Waals surface area contributed by atoms with E-state index in [4.69, 9.17) is 4.74 Å². The van der Waals surface area contributed by atoms with Gasteiger partial charge < -0.3 is 10.1 Å². The van der Waals surface area contributed by atoms with Crippen LogP contribution < -0.4 is 5.32 Å². The summed E-state index contributed by atoms with van der Waals surface area (Å²) in [5.74, 6) is -1.83. The van der Waals surface area contributed by atoms with Crippen LogP contribution in [-0.2, 0) is 9.53 Å². The summed E-state index contributed by atoms with van der Waals surface area (Å²) in [5.41, 5.74) is -0.191. The first-order chi connectivity index (χ1) is 7.04. The quantitative estimate of drug-likeness (QED) is 0.836. The monoisotopic (exact) mass is 215 g/mol. The number of ether oxygens (including phenoxy) is 1. The van der Waals surface area contributed by atoms with E-state index in [1.165, 1.54) is 14.0 Å². The highest BCUT2D eigenvalue weighted by molar-refractivity contribution is 5.93. The standard InChI is InChI=1S/C10H11F2NO2/c1-6(15-2)10(14)13-9-5-7(11)3-4-8(9)12/h3-6H,1-2H3,(H,13,14). The summed E-state index contributed by atoms with van der Waals surface area (Å²) in [6.07, 6.45) is -0.715. The fraction of sp³-hybridized carbons (Fsp3) is 0.300. The van der Waals surface area contributed by atoms with Crippen LogP contribution in [0.4, 0.5) is 14.5 Å². The summed E-state index contributed by atoms with van der Waals surface area (Å²) in [6, 6.07) is 2.84. The van der Waals surface area contributed by atoms with Crippen LogP contribution in [0.5, 0.6) is 0 Å². The highest BCUT2D eigenvalue weighted by atomic mass is 19.1. The van der Waals surface area contributed by atoms with E-state index in [-0.39, 0.29) is 5.69 Å². The van der Waals surface area contributed by atoms with Gasteiger partial charge in [-0.3, -0.25) is 4.79 Å². The lowest BCUT2D eigenvalue weighted by Crippen LogP contribution is -2.27. The molecule has 5 heteroatoms. The molecule has 0 spiro atoms. The van der Waals surface area contributed by atoms with Gasteiger partial charge in [0.15, 0.2) is 0 Å². The Morgan fingerprint density at radius 1 is 1.47 bits per heavy atom. The minimum atomic E-state index is -0.715. The lowest BCUT2D eigenvalue weighted by Gasteiger charge is -2.10. The largest absolute Gasteiger partial charge is 0.372 e. The second kappa shape index (κ2) is 4.84. The van der Waals surface area contributed by atoms with Crippen LogP contribution in [0.25, 0.3) is 0 Å². The minimum absolute atomic E-state index is 0.191. The number of hydrogen-bond acceptors (Lipinski definition) is 2. The molecule has 1 rings (SSSR count). The van der Waals surface area contributed by atoms with Gasteiger partial charge in [-0.05, 0) is 19.1 Å². The highest BCUT2D eigenvalue weighted by Gasteiger charge is 2.13. The van der Waals surface area contributed by atoms with Crippen molar-refractivity contribution in [3.63, 3.8) is 0 Å². The molecule has 3 nitrogen and oxygen atoms in total. The lowest BCUT2D eigenvalue weighted by molar-refractivity contribution is -0.124. The number of carbonyl (C=O) groups is 1. The maximum Gasteiger partial charge on any atom is 0.253 e. The third-order valence-corrected chi connectivity index (χ3v) is 1.91. The van der Waals surface area contributed by atoms with E-state index in [0.717, 1.165) is 18.2 Å². The van der Waals surface area contributed by atoms with Crippen molar-refractivity contribution in [1.82, 2.24) is 0 Å². The molecule has 1 aromatic rings. The zero-order chi connectivity index (χ0) is 11.4. The molecule has 0 aromatic heterocycles. The van der Waals surface area contributed by atoms with E-state index in [2.05, 4.69) is 5.32 Å². The van der Waals surface area contributed by atoms with Crippen molar-refractivity contribution in [2.75, 3.05) is 12.4 Å². The maximum absolute atomic E-state index is 13.1. The van der Waals surface area contributed by atoms with Crippen molar-refractivity contribution in [2.24, 2.45) is 0 Å². The van der Waals surface area contributed by atoms with E-state index in [1.54, 1.807) is 0 Å². The number of benzene rings is 1. The number of nitrogens with one attached hydrogen (secondary N) is 1. The van der Waals surface area contributed by atoms with Gasteiger partial charge in [-0.15, -0.1) is 0 Å². The molecular formula is C10H11F2NO2. The topological polar surface area (TPSA) is 38.3 Å². The van der Waals surface area contributed by atoms with Crippen LogP contribution >= 0.6 is 0 Å². The summed E-state index contributed by atoms with van der Waals surface area (Å²) in [6.45, 7) is 1.51. The molecule has 0 aliphatic heterocycles. The summed E-state index contributed by atoms with van der Waals surface area (Å²) in [5, 5.41) is 2.22. The van der Waals surface area contributed by atoms with Gasteiger partial charge in [-0.2, -0.15) is 0 Å². The van der Waals surface area contributed by atoms with Crippen molar-refractivity contribution in [3.05, 3.63) is 29.8 Å². The summed E-state index contributed by atoms with van der Waals surface area (Å²) >= 11 is 0. The predicted octanol–water partition coefficient (Wildman–Crippen LogP) is 1.94. The highest BCUT2D eigenvalue weighted by Crippen LogP contribution is 2.15. The summed E-state index contributed by atoms with van der Waals surface area (Å²) in [7, 11) is 1.35. The van der Waals surface area contributed by atoms with Crippen molar-refractivity contribution >= 4 is 11.6 Å². The van der Waals surface area contributed by atoms with Gasteiger partial charge in [0.25, 0.3) is 5.91 Å². The predicted molar refractivity (Wildman–Crippen MR) is 51.5 cm³/mol. The number of hydrogen-bond donors (Lipinski definition) is 1. The van der Waals surface area contributed by atoms with Gasteiger partial charge in [-0.1, -0.05) is 0 Å². The first-order valence-corrected chi connectivity index (χ1v) is 4.33. The van der Waals surface area contributed by atoms with E-state index < -0.39 is 23.6 Å². The van der Waals surface area contributed by atoms with E-state index in [0.29, 0.717) is 0 Å². The van der Waals surface area contributed by atoms with E-state index in [1.807, 2.05) is 0 Å². The van der Waals surface area contributed by atoms with Gasteiger partial charge in [0.2, 0.25) is 0 Å². The second-order valence-electron chi connectivity index (χ2n) is 2.99. The maximum atomic E-state index is 13.1. The van der Waals surface area contributed by atoms with Gasteiger partial charge in [0.1, 0.15) is 17.7 Å². The Morgan fingerprint density at radius 3 is 2.73 bits per heavy atom. The summed E-state index contributed by atoms with van der Waals surface area (Å²) < 4.78 is 30.5. The molecule has 0 aliphatic carbocycles. The van der Waals surface area contributed by atoms with Crippen molar-refractivity contribution < 1.29 is 18.3 Å². The number of amides is 1. The Balaban J connectivity index is 2.80. The third-order valence-electron chi connectivity index (χ3n) is 1.91. The molecule has 1 atom stereocenters. The van der Waals surface area contributed by atoms with Crippen molar-refractivity contribution in [1.29, 1.82) is 0 Å². The fourth-order valence-corrected chi connectivity index (χ4v) is 0.935. The number of carbonyl (C=O) groups excluding carboxylic acids is 1. The molecule has 0 bridgehead atoms. The molecule has 1 aromatic carbocycles. The second-order valence-corrected chi connectivity index (χ2v) is 2.99. The Bertz CT molecular complexity index is 368. The van der Waals surface area contributed by atoms with Crippen molar-refractivity contribution in [3.8, 4) is 0 Å². The molecular weight excluding hydrogens is 204 g/mol. The molecule has 0 aliphatic rings. The lowest BCUT2D eigenvalue weighted by atomic mass is 10.2. The fourth-order valence-electron chi connectivity index (χ4n) is 0.935. The zero-order valence-electron chi connectivity index (χ0n) is 8.38. The smallest absolute Gasteiger partial charge is 0.253 e. The molecule has 1 N–H and O–H groups in total. The average Bonchev–Trinajstić information content (AvgIpc) is 2.22. The van der Waals surface area contributed by atoms with E-state index >= 15 is 0 Å². The van der Waals surface area contributed by atoms with Gasteiger partial charge in [-0.25, -0.2) is 8.78 Å². The molecule has 15 heavy (non-hydrogen) atoms. The number of anilines is 1. The molecule has 82 valence electrons. The third kappa shape index (κ3) is 2.99. The van der Waals surface area contributed by atoms with Crippen LogP contribution in [0, 0.1) is 11.6 Å². The minimum Gasteiger partial charge on any atom is -0.372 e. The molecule has 1 amide bonds. The number of methoxy groups -OCH3 is 1.